The highest BCUT2D eigenvalue weighted by Gasteiger charge is 2.34. The van der Waals surface area contributed by atoms with Crippen molar-refractivity contribution in [2.45, 2.75) is 50.7 Å². The fraction of sp³-hybridized carbons (Fsp3) is 0.611. The van der Waals surface area contributed by atoms with Gasteiger partial charge in [-0.2, -0.15) is 0 Å². The highest BCUT2D eigenvalue weighted by Crippen LogP contribution is 2.37. The number of carbonyl (C=O) groups is 1. The molecule has 0 aliphatic carbocycles. The minimum atomic E-state index is -0.430. The predicted molar refractivity (Wildman–Crippen MR) is 95.5 cm³/mol. The molecule has 1 amide bonds. The van der Waals surface area contributed by atoms with Crippen LogP contribution in [-0.2, 0) is 4.74 Å². The first kappa shape index (κ1) is 16.5. The Bertz CT molecular complexity index is 597. The van der Waals surface area contributed by atoms with Gasteiger partial charge in [-0.3, -0.25) is 0 Å². The predicted octanol–water partition coefficient (Wildman–Crippen LogP) is 3.92. The lowest BCUT2D eigenvalue weighted by molar-refractivity contribution is 0.0292. The normalized spacial score (nSPS) is 21.3. The first-order valence-corrected chi connectivity index (χ1v) is 9.30. The van der Waals surface area contributed by atoms with Crippen molar-refractivity contribution in [3.63, 3.8) is 0 Å². The summed E-state index contributed by atoms with van der Waals surface area (Å²) in [7, 11) is 0. The van der Waals surface area contributed by atoms with Crippen molar-refractivity contribution in [3.05, 3.63) is 23.8 Å². The summed E-state index contributed by atoms with van der Waals surface area (Å²) in [6.07, 6.45) is 0.826. The molecule has 2 aliphatic rings. The molecule has 4 nitrogen and oxygen atoms in total. The molecular weight excluding hydrogens is 308 g/mol. The van der Waals surface area contributed by atoms with Crippen LogP contribution in [0.5, 0.6) is 0 Å². The summed E-state index contributed by atoms with van der Waals surface area (Å²) in [4.78, 5) is 18.0. The van der Waals surface area contributed by atoms with E-state index in [0.29, 0.717) is 6.04 Å². The zero-order valence-corrected chi connectivity index (χ0v) is 15.3. The zero-order valence-electron chi connectivity index (χ0n) is 14.5. The van der Waals surface area contributed by atoms with Crippen LogP contribution in [0.1, 0.15) is 32.8 Å². The van der Waals surface area contributed by atoms with Crippen molar-refractivity contribution in [2.75, 3.05) is 30.3 Å². The SMILES string of the molecule is Cc1ccc2c(c1)SCCN2C1CCN(C(=O)OC(C)(C)C)C1. The molecule has 1 saturated heterocycles. The van der Waals surface area contributed by atoms with Gasteiger partial charge >= 0.3 is 6.09 Å². The highest BCUT2D eigenvalue weighted by molar-refractivity contribution is 7.99. The van der Waals surface area contributed by atoms with E-state index in [9.17, 15) is 4.79 Å². The Kier molecular flexibility index (Phi) is 4.50. The Hall–Kier alpha value is -1.36. The van der Waals surface area contributed by atoms with Crippen molar-refractivity contribution < 1.29 is 9.53 Å². The van der Waals surface area contributed by atoms with E-state index in [1.807, 2.05) is 37.4 Å². The third kappa shape index (κ3) is 3.77. The largest absolute Gasteiger partial charge is 0.444 e. The standard InChI is InChI=1S/C18H26N2O2S/c1-13-5-6-15-16(11-13)23-10-9-20(15)14-7-8-19(12-14)17(21)22-18(2,3)4/h5-6,11,14H,7-10,12H2,1-4H3. The summed E-state index contributed by atoms with van der Waals surface area (Å²) in [6.45, 7) is 10.5. The minimum Gasteiger partial charge on any atom is -0.444 e. The van der Waals surface area contributed by atoms with E-state index in [0.717, 1.165) is 31.8 Å². The number of rotatable bonds is 1. The molecule has 0 N–H and O–H groups in total. The van der Waals surface area contributed by atoms with E-state index in [-0.39, 0.29) is 6.09 Å². The number of thioether (sulfide) groups is 1. The molecule has 0 saturated carbocycles. The molecule has 126 valence electrons. The van der Waals surface area contributed by atoms with Gasteiger partial charge in [0.1, 0.15) is 5.60 Å². The molecule has 1 fully saturated rings. The van der Waals surface area contributed by atoms with Crippen LogP contribution in [0.2, 0.25) is 0 Å². The number of amides is 1. The second-order valence-corrected chi connectivity index (χ2v) is 8.52. The molecule has 2 heterocycles. The van der Waals surface area contributed by atoms with E-state index in [1.165, 1.54) is 16.1 Å². The molecule has 1 unspecified atom stereocenters. The number of hydrogen-bond donors (Lipinski definition) is 0. The van der Waals surface area contributed by atoms with Gasteiger partial charge < -0.3 is 14.5 Å². The Morgan fingerprint density at radius 2 is 2.09 bits per heavy atom. The summed E-state index contributed by atoms with van der Waals surface area (Å²) in [5.74, 6) is 1.11. The van der Waals surface area contributed by atoms with Gasteiger partial charge in [-0.05, 0) is 51.8 Å². The number of nitrogens with zero attached hydrogens (tertiary/aromatic N) is 2. The summed E-state index contributed by atoms with van der Waals surface area (Å²) in [5, 5.41) is 0. The van der Waals surface area contributed by atoms with Crippen LogP contribution < -0.4 is 4.90 Å². The number of hydrogen-bond acceptors (Lipinski definition) is 4. The van der Waals surface area contributed by atoms with Crippen LogP contribution >= 0.6 is 11.8 Å². The Labute approximate surface area is 143 Å². The number of fused-ring (bicyclic) bond motifs is 1. The van der Waals surface area contributed by atoms with Crippen molar-refractivity contribution in [1.29, 1.82) is 0 Å². The molecule has 5 heteroatoms. The van der Waals surface area contributed by atoms with Crippen molar-refractivity contribution in [2.24, 2.45) is 0 Å². The van der Waals surface area contributed by atoms with E-state index < -0.39 is 5.60 Å². The van der Waals surface area contributed by atoms with E-state index in [1.54, 1.807) is 0 Å². The van der Waals surface area contributed by atoms with Crippen LogP contribution in [-0.4, -0.2) is 48.0 Å². The van der Waals surface area contributed by atoms with Crippen molar-refractivity contribution in [3.8, 4) is 0 Å². The number of anilines is 1. The maximum Gasteiger partial charge on any atom is 0.410 e. The topological polar surface area (TPSA) is 32.8 Å². The Balaban J connectivity index is 1.70. The number of benzene rings is 1. The average molecular weight is 334 g/mol. The lowest BCUT2D eigenvalue weighted by Gasteiger charge is -2.36. The molecule has 0 aromatic heterocycles. The molecule has 3 rings (SSSR count). The third-order valence-corrected chi connectivity index (χ3v) is 5.30. The summed E-state index contributed by atoms with van der Waals surface area (Å²) in [6, 6.07) is 7.07. The Morgan fingerprint density at radius 1 is 1.30 bits per heavy atom. The minimum absolute atomic E-state index is 0.185. The van der Waals surface area contributed by atoms with Crippen molar-refractivity contribution in [1.82, 2.24) is 4.90 Å². The monoisotopic (exact) mass is 334 g/mol. The first-order chi connectivity index (χ1) is 10.8. The number of likely N-dealkylation sites (tertiary alicyclic amines) is 1. The molecule has 1 aromatic rings. The molecule has 2 aliphatic heterocycles. The molecule has 1 atom stereocenters. The fourth-order valence-corrected chi connectivity index (χ4v) is 4.33. The van der Waals surface area contributed by atoms with Gasteiger partial charge in [0.15, 0.2) is 0 Å². The number of carbonyl (C=O) groups excluding carboxylic acids is 1. The maximum atomic E-state index is 12.3. The first-order valence-electron chi connectivity index (χ1n) is 8.31. The lowest BCUT2D eigenvalue weighted by atomic mass is 10.1. The van der Waals surface area contributed by atoms with Gasteiger partial charge in [-0.15, -0.1) is 11.8 Å². The second kappa shape index (κ2) is 6.27. The summed E-state index contributed by atoms with van der Waals surface area (Å²) in [5.41, 5.74) is 2.20. The highest BCUT2D eigenvalue weighted by atomic mass is 32.2. The fourth-order valence-electron chi connectivity index (χ4n) is 3.22. The second-order valence-electron chi connectivity index (χ2n) is 7.38. The van der Waals surface area contributed by atoms with Gasteiger partial charge in [0, 0.05) is 36.3 Å². The number of aryl methyl sites for hydroxylation is 1. The van der Waals surface area contributed by atoms with Gasteiger partial charge in [-0.1, -0.05) is 6.07 Å². The molecule has 0 spiro atoms. The van der Waals surface area contributed by atoms with Crippen LogP contribution in [0.15, 0.2) is 23.1 Å². The Morgan fingerprint density at radius 3 is 2.83 bits per heavy atom. The molecular formula is C18H26N2O2S. The van der Waals surface area contributed by atoms with Crippen LogP contribution in [0.3, 0.4) is 0 Å². The van der Waals surface area contributed by atoms with Gasteiger partial charge in [0.05, 0.1) is 5.69 Å². The summed E-state index contributed by atoms with van der Waals surface area (Å²) >= 11 is 1.93. The van der Waals surface area contributed by atoms with Crippen LogP contribution in [0.4, 0.5) is 10.5 Å². The van der Waals surface area contributed by atoms with Gasteiger partial charge in [-0.25, -0.2) is 4.79 Å². The van der Waals surface area contributed by atoms with E-state index >= 15 is 0 Å². The average Bonchev–Trinajstić information content (AvgIpc) is 2.94. The van der Waals surface area contributed by atoms with Crippen molar-refractivity contribution >= 4 is 23.5 Å². The smallest absolute Gasteiger partial charge is 0.410 e. The molecule has 0 radical (unpaired) electrons. The lowest BCUT2D eigenvalue weighted by Crippen LogP contribution is -2.42. The number of ether oxygens (including phenoxy) is 1. The zero-order chi connectivity index (χ0) is 16.6. The molecule has 1 aromatic carbocycles. The van der Waals surface area contributed by atoms with E-state index in [4.69, 9.17) is 4.74 Å². The third-order valence-electron chi connectivity index (χ3n) is 4.27. The van der Waals surface area contributed by atoms with Gasteiger partial charge in [0.25, 0.3) is 0 Å². The van der Waals surface area contributed by atoms with Gasteiger partial charge in [0.2, 0.25) is 0 Å². The van der Waals surface area contributed by atoms with Crippen LogP contribution in [0.25, 0.3) is 0 Å². The molecule has 0 bridgehead atoms. The van der Waals surface area contributed by atoms with Crippen LogP contribution in [0, 0.1) is 6.92 Å². The molecule has 23 heavy (non-hydrogen) atoms. The maximum absolute atomic E-state index is 12.3. The quantitative estimate of drug-likeness (QED) is 0.779. The summed E-state index contributed by atoms with van der Waals surface area (Å²) < 4.78 is 5.51. The van der Waals surface area contributed by atoms with E-state index in [2.05, 4.69) is 30.0 Å².